The van der Waals surface area contributed by atoms with Gasteiger partial charge in [-0.2, -0.15) is 0 Å². The van der Waals surface area contributed by atoms with Gasteiger partial charge in [-0.05, 0) is 18.1 Å². The van der Waals surface area contributed by atoms with Crippen LogP contribution in [-0.4, -0.2) is 10.9 Å². The third kappa shape index (κ3) is 4.04. The highest BCUT2D eigenvalue weighted by molar-refractivity contribution is 7.15. The number of hydrogen-bond acceptors (Lipinski definition) is 3. The summed E-state index contributed by atoms with van der Waals surface area (Å²) in [4.78, 5) is 16.8. The molecule has 1 aromatic carbocycles. The molecule has 0 saturated heterocycles. The van der Waals surface area contributed by atoms with E-state index in [2.05, 4.69) is 10.3 Å². The van der Waals surface area contributed by atoms with Crippen molar-refractivity contribution in [1.29, 1.82) is 0 Å². The molecular weight excluding hydrogens is 280 g/mol. The zero-order valence-electron chi connectivity index (χ0n) is 10.6. The maximum Gasteiger partial charge on any atom is 0.226 e. The molecule has 1 amide bonds. The summed E-state index contributed by atoms with van der Waals surface area (Å²) < 4.78 is 0. The van der Waals surface area contributed by atoms with E-state index in [0.717, 1.165) is 28.3 Å². The minimum absolute atomic E-state index is 0.0149. The van der Waals surface area contributed by atoms with Crippen molar-refractivity contribution in [3.63, 3.8) is 0 Å². The zero-order chi connectivity index (χ0) is 13.7. The Balaban J connectivity index is 2.02. The summed E-state index contributed by atoms with van der Waals surface area (Å²) >= 11 is 7.61. The number of nitrogens with one attached hydrogen (secondary N) is 1. The lowest BCUT2D eigenvalue weighted by atomic mass is 10.1. The Kier molecular flexibility index (Phi) is 4.93. The largest absolute Gasteiger partial charge is 0.302 e. The van der Waals surface area contributed by atoms with Gasteiger partial charge in [-0.3, -0.25) is 4.79 Å². The third-order valence-corrected chi connectivity index (χ3v) is 3.88. The van der Waals surface area contributed by atoms with Gasteiger partial charge in [0, 0.05) is 28.9 Å². The van der Waals surface area contributed by atoms with E-state index in [0.29, 0.717) is 11.6 Å². The molecule has 5 heteroatoms. The van der Waals surface area contributed by atoms with Crippen molar-refractivity contribution in [2.75, 3.05) is 5.32 Å². The van der Waals surface area contributed by atoms with Crippen molar-refractivity contribution < 1.29 is 4.79 Å². The molecule has 0 saturated carbocycles. The maximum absolute atomic E-state index is 11.5. The average Bonchev–Trinajstić information content (AvgIpc) is 2.80. The number of hydrogen-bond donors (Lipinski definition) is 1. The van der Waals surface area contributed by atoms with Crippen molar-refractivity contribution in [3.8, 4) is 0 Å². The smallest absolute Gasteiger partial charge is 0.226 e. The van der Waals surface area contributed by atoms with E-state index in [-0.39, 0.29) is 5.91 Å². The highest BCUT2D eigenvalue weighted by Gasteiger charge is 2.07. The van der Waals surface area contributed by atoms with Gasteiger partial charge >= 0.3 is 0 Å². The molecule has 0 fully saturated rings. The lowest BCUT2D eigenvalue weighted by Crippen LogP contribution is -2.09. The molecule has 0 aliphatic heterocycles. The summed E-state index contributed by atoms with van der Waals surface area (Å²) in [6.45, 7) is 1.98. The second kappa shape index (κ2) is 6.68. The summed E-state index contributed by atoms with van der Waals surface area (Å²) in [5.41, 5.74) is 1.07. The van der Waals surface area contributed by atoms with E-state index in [9.17, 15) is 4.79 Å². The molecule has 19 heavy (non-hydrogen) atoms. The summed E-state index contributed by atoms with van der Waals surface area (Å²) in [7, 11) is 0. The van der Waals surface area contributed by atoms with Crippen molar-refractivity contribution in [2.24, 2.45) is 0 Å². The number of amides is 1. The van der Waals surface area contributed by atoms with Crippen LogP contribution >= 0.6 is 22.9 Å². The number of thiazole rings is 1. The van der Waals surface area contributed by atoms with Gasteiger partial charge < -0.3 is 5.32 Å². The Morgan fingerprint density at radius 2 is 2.21 bits per heavy atom. The molecule has 0 bridgehead atoms. The highest BCUT2D eigenvalue weighted by atomic mass is 35.5. The molecule has 0 radical (unpaired) electrons. The van der Waals surface area contributed by atoms with Crippen LogP contribution in [0.15, 0.2) is 30.5 Å². The molecule has 0 spiro atoms. The average molecular weight is 295 g/mol. The number of carbonyl (C=O) groups excluding carboxylic acids is 1. The van der Waals surface area contributed by atoms with Crippen LogP contribution in [-0.2, 0) is 11.2 Å². The Bertz CT molecular complexity index is 568. The summed E-state index contributed by atoms with van der Waals surface area (Å²) in [6.07, 6.45) is 3.89. The molecule has 3 nitrogen and oxygen atoms in total. The van der Waals surface area contributed by atoms with Gasteiger partial charge in [0.1, 0.15) is 0 Å². The minimum atomic E-state index is 0.0149. The van der Waals surface area contributed by atoms with Crippen LogP contribution in [0, 0.1) is 0 Å². The first kappa shape index (κ1) is 14.0. The summed E-state index contributed by atoms with van der Waals surface area (Å²) in [5.74, 6) is 0.0149. The molecule has 0 atom stereocenters. The normalized spacial score (nSPS) is 10.4. The number of nitrogens with zero attached hydrogens (tertiary/aromatic N) is 1. The molecule has 100 valence electrons. The standard InChI is InChI=1S/C14H15ClN2OS/c1-2-5-13(18)17-14-16-9-11(19-14)8-10-6-3-4-7-12(10)15/h3-4,6-7,9H,2,5,8H2,1H3,(H,16,17,18). The summed E-state index contributed by atoms with van der Waals surface area (Å²) in [6, 6.07) is 7.75. The molecule has 2 aromatic rings. The van der Waals surface area contributed by atoms with E-state index in [1.807, 2.05) is 31.2 Å². The van der Waals surface area contributed by atoms with Crippen LogP contribution in [0.3, 0.4) is 0 Å². The van der Waals surface area contributed by atoms with E-state index in [4.69, 9.17) is 11.6 Å². The van der Waals surface area contributed by atoms with Gasteiger partial charge in [0.25, 0.3) is 0 Å². The van der Waals surface area contributed by atoms with Crippen LogP contribution < -0.4 is 5.32 Å². The van der Waals surface area contributed by atoms with E-state index >= 15 is 0 Å². The summed E-state index contributed by atoms with van der Waals surface area (Å²) in [5, 5.41) is 4.21. The fraction of sp³-hybridized carbons (Fsp3) is 0.286. The first-order chi connectivity index (χ1) is 9.19. The lowest BCUT2D eigenvalue weighted by Gasteiger charge is -2.01. The molecule has 1 heterocycles. The van der Waals surface area contributed by atoms with Gasteiger partial charge in [-0.1, -0.05) is 36.7 Å². The number of aromatic nitrogens is 1. The third-order valence-electron chi connectivity index (χ3n) is 2.60. The molecule has 1 aromatic heterocycles. The lowest BCUT2D eigenvalue weighted by molar-refractivity contribution is -0.116. The zero-order valence-corrected chi connectivity index (χ0v) is 12.2. The molecular formula is C14H15ClN2OS. The number of halogens is 1. The number of rotatable bonds is 5. The number of benzene rings is 1. The highest BCUT2D eigenvalue weighted by Crippen LogP contribution is 2.24. The topological polar surface area (TPSA) is 42.0 Å². The van der Waals surface area contributed by atoms with Crippen LogP contribution in [0.2, 0.25) is 5.02 Å². The fourth-order valence-corrected chi connectivity index (χ4v) is 2.74. The maximum atomic E-state index is 11.5. The van der Waals surface area contributed by atoms with Gasteiger partial charge in [0.2, 0.25) is 5.91 Å². The van der Waals surface area contributed by atoms with E-state index in [1.54, 1.807) is 6.20 Å². The van der Waals surface area contributed by atoms with Crippen molar-refractivity contribution in [2.45, 2.75) is 26.2 Å². The predicted molar refractivity (Wildman–Crippen MR) is 79.9 cm³/mol. The van der Waals surface area contributed by atoms with Gasteiger partial charge in [0.15, 0.2) is 5.13 Å². The van der Waals surface area contributed by atoms with Crippen LogP contribution in [0.25, 0.3) is 0 Å². The van der Waals surface area contributed by atoms with Gasteiger partial charge in [-0.15, -0.1) is 11.3 Å². The number of carbonyl (C=O) groups is 1. The Hall–Kier alpha value is -1.39. The quantitative estimate of drug-likeness (QED) is 0.901. The first-order valence-electron chi connectivity index (χ1n) is 6.17. The molecule has 2 rings (SSSR count). The molecule has 0 aliphatic rings. The van der Waals surface area contributed by atoms with Crippen LogP contribution in [0.5, 0.6) is 0 Å². The fourth-order valence-electron chi connectivity index (χ4n) is 1.69. The Labute approximate surface area is 121 Å². The van der Waals surface area contributed by atoms with Crippen molar-refractivity contribution in [3.05, 3.63) is 45.9 Å². The predicted octanol–water partition coefficient (Wildman–Crippen LogP) is 4.13. The second-order valence-corrected chi connectivity index (χ2v) is 5.72. The monoisotopic (exact) mass is 294 g/mol. The first-order valence-corrected chi connectivity index (χ1v) is 7.36. The molecule has 1 N–H and O–H groups in total. The van der Waals surface area contributed by atoms with Crippen molar-refractivity contribution in [1.82, 2.24) is 4.98 Å². The van der Waals surface area contributed by atoms with E-state index in [1.165, 1.54) is 11.3 Å². The van der Waals surface area contributed by atoms with Gasteiger partial charge in [0.05, 0.1) is 0 Å². The number of anilines is 1. The minimum Gasteiger partial charge on any atom is -0.302 e. The van der Waals surface area contributed by atoms with E-state index < -0.39 is 0 Å². The van der Waals surface area contributed by atoms with Crippen LogP contribution in [0.4, 0.5) is 5.13 Å². The SMILES string of the molecule is CCCC(=O)Nc1ncc(Cc2ccccc2Cl)s1. The van der Waals surface area contributed by atoms with Crippen molar-refractivity contribution >= 4 is 34.0 Å². The Morgan fingerprint density at radius 1 is 1.42 bits per heavy atom. The second-order valence-electron chi connectivity index (χ2n) is 4.20. The molecule has 0 unspecified atom stereocenters. The molecule has 0 aliphatic carbocycles. The van der Waals surface area contributed by atoms with Crippen LogP contribution in [0.1, 0.15) is 30.2 Å². The Morgan fingerprint density at radius 3 is 2.95 bits per heavy atom. The van der Waals surface area contributed by atoms with Gasteiger partial charge in [-0.25, -0.2) is 4.98 Å².